The van der Waals surface area contributed by atoms with Crippen LogP contribution in [0.3, 0.4) is 0 Å². The number of hydrogen-bond acceptors (Lipinski definition) is 3. The van der Waals surface area contributed by atoms with Crippen LogP contribution in [0.2, 0.25) is 0 Å². The molecule has 0 aromatic heterocycles. The number of nitrogens with zero attached hydrogens (tertiary/aromatic N) is 1. The smallest absolute Gasteiger partial charge is 0.279 e. The summed E-state index contributed by atoms with van der Waals surface area (Å²) < 4.78 is 52.1. The summed E-state index contributed by atoms with van der Waals surface area (Å²) in [5.41, 5.74) is 0.0906. The molecule has 0 bridgehead atoms. The molecule has 19 heavy (non-hydrogen) atoms. The lowest BCUT2D eigenvalue weighted by molar-refractivity contribution is 0.145. The molecule has 0 aliphatic heterocycles. The van der Waals surface area contributed by atoms with Crippen LogP contribution in [0.15, 0.2) is 18.2 Å². The predicted molar refractivity (Wildman–Crippen MR) is 66.5 cm³/mol. The van der Waals surface area contributed by atoms with Gasteiger partial charge < -0.3 is 5.11 Å². The van der Waals surface area contributed by atoms with Crippen molar-refractivity contribution in [3.8, 4) is 0 Å². The highest BCUT2D eigenvalue weighted by atomic mass is 32.2. The third kappa shape index (κ3) is 3.93. The van der Waals surface area contributed by atoms with Gasteiger partial charge >= 0.3 is 0 Å². The monoisotopic (exact) mass is 294 g/mol. The van der Waals surface area contributed by atoms with Gasteiger partial charge in [-0.1, -0.05) is 6.07 Å². The molecule has 2 N–H and O–H groups in total. The lowest BCUT2D eigenvalue weighted by Crippen LogP contribution is -2.43. The summed E-state index contributed by atoms with van der Waals surface area (Å²) in [6.45, 7) is 1.42. The van der Waals surface area contributed by atoms with Gasteiger partial charge in [0.2, 0.25) is 0 Å². The first kappa shape index (κ1) is 16.0. The SMILES string of the molecule is C[C@H](NS(=O)(=O)N(C)C)[C@H](O)c1ccc(F)c(F)c1. The summed E-state index contributed by atoms with van der Waals surface area (Å²) >= 11 is 0. The third-order valence-electron chi connectivity index (χ3n) is 2.57. The summed E-state index contributed by atoms with van der Waals surface area (Å²) in [4.78, 5) is 0. The van der Waals surface area contributed by atoms with Gasteiger partial charge in [-0.15, -0.1) is 0 Å². The maximum atomic E-state index is 13.0. The number of hydrogen-bond donors (Lipinski definition) is 2. The minimum atomic E-state index is -3.71. The summed E-state index contributed by atoms with van der Waals surface area (Å²) in [5, 5.41) is 9.91. The molecule has 0 aliphatic carbocycles. The molecule has 8 heteroatoms. The lowest BCUT2D eigenvalue weighted by Gasteiger charge is -2.22. The molecular weight excluding hydrogens is 278 g/mol. The minimum Gasteiger partial charge on any atom is -0.387 e. The number of halogens is 2. The molecule has 0 saturated heterocycles. The fraction of sp³-hybridized carbons (Fsp3) is 0.455. The summed E-state index contributed by atoms with van der Waals surface area (Å²) in [5.74, 6) is -2.13. The van der Waals surface area contributed by atoms with Gasteiger partial charge in [0.1, 0.15) is 0 Å². The van der Waals surface area contributed by atoms with E-state index in [4.69, 9.17) is 0 Å². The highest BCUT2D eigenvalue weighted by Gasteiger charge is 2.24. The fourth-order valence-electron chi connectivity index (χ4n) is 1.39. The second-order valence-corrected chi connectivity index (χ2v) is 6.23. The van der Waals surface area contributed by atoms with Crippen LogP contribution in [0, 0.1) is 11.6 Å². The molecule has 0 amide bonds. The molecule has 0 spiro atoms. The molecule has 2 atom stereocenters. The van der Waals surface area contributed by atoms with Crippen LogP contribution in [0.5, 0.6) is 0 Å². The van der Waals surface area contributed by atoms with E-state index in [0.717, 1.165) is 16.4 Å². The molecule has 1 rings (SSSR count). The van der Waals surface area contributed by atoms with Crippen LogP contribution in [0.25, 0.3) is 0 Å². The van der Waals surface area contributed by atoms with Crippen LogP contribution in [-0.2, 0) is 10.2 Å². The van der Waals surface area contributed by atoms with Gasteiger partial charge in [0.25, 0.3) is 10.2 Å². The van der Waals surface area contributed by atoms with Crippen molar-refractivity contribution in [2.75, 3.05) is 14.1 Å². The first-order valence-corrected chi connectivity index (χ1v) is 6.92. The van der Waals surface area contributed by atoms with Crippen LogP contribution >= 0.6 is 0 Å². The van der Waals surface area contributed by atoms with Gasteiger partial charge in [-0.05, 0) is 24.6 Å². The summed E-state index contributed by atoms with van der Waals surface area (Å²) in [6.07, 6.45) is -1.29. The van der Waals surface area contributed by atoms with E-state index in [2.05, 4.69) is 4.72 Å². The number of aliphatic hydroxyl groups excluding tert-OH is 1. The van der Waals surface area contributed by atoms with E-state index >= 15 is 0 Å². The van der Waals surface area contributed by atoms with E-state index in [1.165, 1.54) is 27.1 Å². The zero-order valence-electron chi connectivity index (χ0n) is 10.8. The van der Waals surface area contributed by atoms with E-state index in [-0.39, 0.29) is 5.56 Å². The highest BCUT2D eigenvalue weighted by molar-refractivity contribution is 7.87. The number of rotatable bonds is 5. The average molecular weight is 294 g/mol. The van der Waals surface area contributed by atoms with Crippen LogP contribution in [0.1, 0.15) is 18.6 Å². The van der Waals surface area contributed by atoms with Crippen LogP contribution in [-0.4, -0.2) is 38.0 Å². The molecule has 0 fully saturated rings. The van der Waals surface area contributed by atoms with E-state index < -0.39 is 34.0 Å². The first-order chi connectivity index (χ1) is 8.65. The van der Waals surface area contributed by atoms with E-state index in [0.29, 0.717) is 0 Å². The Labute approximate surface area is 111 Å². The quantitative estimate of drug-likeness (QED) is 0.843. The van der Waals surface area contributed by atoms with Crippen molar-refractivity contribution in [2.45, 2.75) is 19.1 Å². The van der Waals surface area contributed by atoms with Crippen molar-refractivity contribution in [2.24, 2.45) is 0 Å². The molecular formula is C11H16F2N2O3S. The summed E-state index contributed by atoms with van der Waals surface area (Å²) in [6, 6.07) is 2.02. The van der Waals surface area contributed by atoms with Crippen molar-refractivity contribution < 1.29 is 22.3 Å². The molecule has 1 aromatic rings. The lowest BCUT2D eigenvalue weighted by atomic mass is 10.0. The Morgan fingerprint density at radius 2 is 1.84 bits per heavy atom. The molecule has 5 nitrogen and oxygen atoms in total. The summed E-state index contributed by atoms with van der Waals surface area (Å²) in [7, 11) is -1.05. The zero-order chi connectivity index (χ0) is 14.8. The molecule has 1 aromatic carbocycles. The highest BCUT2D eigenvalue weighted by Crippen LogP contribution is 2.19. The second-order valence-electron chi connectivity index (χ2n) is 4.31. The van der Waals surface area contributed by atoms with Crippen molar-refractivity contribution in [3.63, 3.8) is 0 Å². The van der Waals surface area contributed by atoms with Crippen LogP contribution < -0.4 is 4.72 Å². The van der Waals surface area contributed by atoms with Crippen molar-refractivity contribution in [1.29, 1.82) is 0 Å². The predicted octanol–water partition coefficient (Wildman–Crippen LogP) is 0.783. The van der Waals surface area contributed by atoms with E-state index in [1.807, 2.05) is 0 Å². The van der Waals surface area contributed by atoms with Crippen molar-refractivity contribution >= 4 is 10.2 Å². The normalized spacial score (nSPS) is 15.5. The van der Waals surface area contributed by atoms with Gasteiger partial charge in [0, 0.05) is 14.1 Å². The van der Waals surface area contributed by atoms with Crippen molar-refractivity contribution in [1.82, 2.24) is 9.03 Å². The molecule has 0 radical (unpaired) electrons. The Bertz CT molecular complexity index is 549. The van der Waals surface area contributed by atoms with Gasteiger partial charge in [-0.3, -0.25) is 0 Å². The van der Waals surface area contributed by atoms with Gasteiger partial charge in [-0.25, -0.2) is 8.78 Å². The third-order valence-corrected chi connectivity index (χ3v) is 4.21. The fourth-order valence-corrected chi connectivity index (χ4v) is 2.20. The zero-order valence-corrected chi connectivity index (χ0v) is 11.6. The van der Waals surface area contributed by atoms with E-state index in [1.54, 1.807) is 0 Å². The molecule has 0 aliphatic rings. The van der Waals surface area contributed by atoms with Crippen molar-refractivity contribution in [3.05, 3.63) is 35.4 Å². The standard InChI is InChI=1S/C11H16F2N2O3S/c1-7(14-19(17,18)15(2)3)11(16)8-4-5-9(12)10(13)6-8/h4-7,11,14,16H,1-3H3/t7-,11-/m0/s1. The maximum Gasteiger partial charge on any atom is 0.279 e. The Kier molecular flexibility index (Phi) is 4.97. The topological polar surface area (TPSA) is 69.6 Å². The number of nitrogens with one attached hydrogen (secondary N) is 1. The largest absolute Gasteiger partial charge is 0.387 e. The molecule has 0 unspecified atom stereocenters. The number of aliphatic hydroxyl groups is 1. The maximum absolute atomic E-state index is 13.0. The average Bonchev–Trinajstić information content (AvgIpc) is 2.31. The molecule has 108 valence electrons. The van der Waals surface area contributed by atoms with Gasteiger partial charge in [-0.2, -0.15) is 17.4 Å². The Hall–Kier alpha value is -1.09. The Balaban J connectivity index is 2.88. The molecule has 0 heterocycles. The van der Waals surface area contributed by atoms with Crippen LogP contribution in [0.4, 0.5) is 8.78 Å². The molecule has 0 saturated carbocycles. The number of benzene rings is 1. The second kappa shape index (κ2) is 5.91. The van der Waals surface area contributed by atoms with Gasteiger partial charge in [0.15, 0.2) is 11.6 Å². The van der Waals surface area contributed by atoms with E-state index in [9.17, 15) is 22.3 Å². The van der Waals surface area contributed by atoms with Gasteiger partial charge in [0.05, 0.1) is 12.1 Å². The minimum absolute atomic E-state index is 0.0906. The first-order valence-electron chi connectivity index (χ1n) is 5.48. The Morgan fingerprint density at radius 1 is 1.26 bits per heavy atom. The Morgan fingerprint density at radius 3 is 2.32 bits per heavy atom.